The van der Waals surface area contributed by atoms with Crippen molar-refractivity contribution in [1.29, 1.82) is 0 Å². The van der Waals surface area contributed by atoms with Crippen LogP contribution >= 0.6 is 15.9 Å². The number of benzene rings is 1. The van der Waals surface area contributed by atoms with E-state index in [9.17, 15) is 0 Å². The summed E-state index contributed by atoms with van der Waals surface area (Å²) in [5.74, 6) is 0. The second-order valence-electron chi connectivity index (χ2n) is 7.49. The minimum absolute atomic E-state index is 0.612. The molecule has 0 saturated carbocycles. The van der Waals surface area contributed by atoms with E-state index in [2.05, 4.69) is 69.5 Å². The molecule has 3 aromatic rings. The zero-order valence-corrected chi connectivity index (χ0v) is 17.7. The molecule has 140 valence electrons. The number of hydrogen-bond donors (Lipinski definition) is 0. The fraction of sp³-hybridized carbons (Fsp3) is 0.364. The summed E-state index contributed by atoms with van der Waals surface area (Å²) < 4.78 is 3.54. The number of piperidine rings is 1. The lowest BCUT2D eigenvalue weighted by Gasteiger charge is -2.31. The minimum Gasteiger partial charge on any atom is -0.345 e. The van der Waals surface area contributed by atoms with Gasteiger partial charge in [-0.25, -0.2) is 4.98 Å². The Kier molecular flexibility index (Phi) is 5.15. The number of likely N-dealkylation sites (tertiary alicyclic amines) is 1. The molecule has 1 fully saturated rings. The zero-order chi connectivity index (χ0) is 19.0. The van der Waals surface area contributed by atoms with Gasteiger partial charge in [0.25, 0.3) is 0 Å². The molecule has 3 heterocycles. The Balaban J connectivity index is 1.60. The number of halogens is 1. The summed E-state index contributed by atoms with van der Waals surface area (Å²) >= 11 is 3.50. The Morgan fingerprint density at radius 3 is 2.63 bits per heavy atom. The number of aromatic nitrogens is 3. The summed E-state index contributed by atoms with van der Waals surface area (Å²) in [7, 11) is 2.21. The molecule has 4 nitrogen and oxygen atoms in total. The highest BCUT2D eigenvalue weighted by molar-refractivity contribution is 9.10. The van der Waals surface area contributed by atoms with Gasteiger partial charge in [0, 0.05) is 21.9 Å². The summed E-state index contributed by atoms with van der Waals surface area (Å²) in [4.78, 5) is 11.7. The Morgan fingerprint density at radius 2 is 1.85 bits per heavy atom. The topological polar surface area (TPSA) is 34.0 Å². The first kappa shape index (κ1) is 18.4. The summed E-state index contributed by atoms with van der Waals surface area (Å²) in [5.41, 5.74) is 6.65. The van der Waals surface area contributed by atoms with Gasteiger partial charge < -0.3 is 9.47 Å². The largest absolute Gasteiger partial charge is 0.345 e. The first-order valence-electron chi connectivity index (χ1n) is 9.48. The second kappa shape index (κ2) is 7.56. The fourth-order valence-electron chi connectivity index (χ4n) is 4.04. The van der Waals surface area contributed by atoms with Crippen LogP contribution in [0.5, 0.6) is 0 Å². The van der Waals surface area contributed by atoms with E-state index in [1.807, 2.05) is 24.4 Å². The van der Waals surface area contributed by atoms with Crippen molar-refractivity contribution in [2.75, 3.05) is 20.1 Å². The van der Waals surface area contributed by atoms with Crippen LogP contribution < -0.4 is 0 Å². The molecule has 0 radical (unpaired) electrons. The molecular weight excluding hydrogens is 400 g/mol. The van der Waals surface area contributed by atoms with Gasteiger partial charge in [-0.15, -0.1) is 0 Å². The highest BCUT2D eigenvalue weighted by atomic mass is 79.9. The molecule has 0 spiro atoms. The van der Waals surface area contributed by atoms with Crippen LogP contribution in [-0.2, 0) is 0 Å². The van der Waals surface area contributed by atoms with Gasteiger partial charge >= 0.3 is 0 Å². The minimum atomic E-state index is 0.612. The molecule has 0 unspecified atom stereocenters. The zero-order valence-electron chi connectivity index (χ0n) is 16.1. The molecular formula is C22H25BrN4. The normalized spacial score (nSPS) is 16.6. The van der Waals surface area contributed by atoms with Crippen molar-refractivity contribution in [3.05, 3.63) is 57.6 Å². The smallest absolute Gasteiger partial charge is 0.0905 e. The van der Waals surface area contributed by atoms with Crippen molar-refractivity contribution in [3.63, 3.8) is 0 Å². The van der Waals surface area contributed by atoms with Gasteiger partial charge in [-0.3, -0.25) is 4.98 Å². The number of aryl methyl sites for hydroxylation is 1. The maximum atomic E-state index is 4.72. The number of fused-ring (bicyclic) bond motifs is 1. The van der Waals surface area contributed by atoms with Crippen molar-refractivity contribution >= 4 is 39.1 Å². The van der Waals surface area contributed by atoms with Crippen LogP contribution in [-0.4, -0.2) is 39.6 Å². The van der Waals surface area contributed by atoms with Crippen LogP contribution in [0.15, 0.2) is 34.9 Å². The summed E-state index contributed by atoms with van der Waals surface area (Å²) in [5, 5.41) is 0. The molecule has 5 heteroatoms. The SMILES string of the molecule is Cc1cc(/C=C/c2cnc3ccc(Br)cc3n2)c(C)n1C1CCN(C)CC1. The van der Waals surface area contributed by atoms with Crippen LogP contribution in [0.4, 0.5) is 0 Å². The summed E-state index contributed by atoms with van der Waals surface area (Å²) in [6, 6.07) is 8.88. The second-order valence-corrected chi connectivity index (χ2v) is 8.41. The van der Waals surface area contributed by atoms with Crippen molar-refractivity contribution in [2.24, 2.45) is 0 Å². The molecule has 0 amide bonds. The Labute approximate surface area is 169 Å². The number of rotatable bonds is 3. The molecule has 0 atom stereocenters. The fourth-order valence-corrected chi connectivity index (χ4v) is 4.39. The first-order chi connectivity index (χ1) is 13.0. The van der Waals surface area contributed by atoms with Gasteiger partial charge in [0.2, 0.25) is 0 Å². The Morgan fingerprint density at radius 1 is 1.07 bits per heavy atom. The van der Waals surface area contributed by atoms with E-state index in [-0.39, 0.29) is 0 Å². The number of nitrogens with zero attached hydrogens (tertiary/aromatic N) is 4. The highest BCUT2D eigenvalue weighted by Gasteiger charge is 2.21. The van der Waals surface area contributed by atoms with Crippen LogP contribution in [0.2, 0.25) is 0 Å². The lowest BCUT2D eigenvalue weighted by Crippen LogP contribution is -2.32. The van der Waals surface area contributed by atoms with Crippen LogP contribution in [0.3, 0.4) is 0 Å². The lowest BCUT2D eigenvalue weighted by atomic mass is 10.0. The third kappa shape index (κ3) is 3.85. The molecule has 4 rings (SSSR count). The Hall–Kier alpha value is -1.98. The van der Waals surface area contributed by atoms with E-state index in [1.165, 1.54) is 42.9 Å². The van der Waals surface area contributed by atoms with E-state index in [1.54, 1.807) is 0 Å². The van der Waals surface area contributed by atoms with Gasteiger partial charge in [0.05, 0.1) is 22.9 Å². The van der Waals surface area contributed by atoms with E-state index in [0.717, 1.165) is 21.2 Å². The average molecular weight is 425 g/mol. The monoisotopic (exact) mass is 424 g/mol. The predicted molar refractivity (Wildman–Crippen MR) is 116 cm³/mol. The van der Waals surface area contributed by atoms with Crippen LogP contribution in [0, 0.1) is 13.8 Å². The molecule has 1 aromatic carbocycles. The Bertz CT molecular complexity index is 997. The van der Waals surface area contributed by atoms with Crippen LogP contribution in [0.25, 0.3) is 23.2 Å². The highest BCUT2D eigenvalue weighted by Crippen LogP contribution is 2.29. The summed E-state index contributed by atoms with van der Waals surface area (Å²) in [6.07, 6.45) is 8.51. The van der Waals surface area contributed by atoms with E-state index >= 15 is 0 Å². The van der Waals surface area contributed by atoms with Gasteiger partial charge in [0.1, 0.15) is 0 Å². The van der Waals surface area contributed by atoms with E-state index in [4.69, 9.17) is 4.98 Å². The van der Waals surface area contributed by atoms with Crippen molar-refractivity contribution in [3.8, 4) is 0 Å². The van der Waals surface area contributed by atoms with Gasteiger partial charge in [-0.1, -0.05) is 22.0 Å². The average Bonchev–Trinajstić information content (AvgIpc) is 2.94. The molecule has 0 bridgehead atoms. The van der Waals surface area contributed by atoms with E-state index in [0.29, 0.717) is 6.04 Å². The number of hydrogen-bond acceptors (Lipinski definition) is 3. The summed E-state index contributed by atoms with van der Waals surface area (Å²) in [6.45, 7) is 6.80. The third-order valence-corrected chi connectivity index (χ3v) is 6.03. The maximum Gasteiger partial charge on any atom is 0.0905 e. The third-order valence-electron chi connectivity index (χ3n) is 5.53. The molecule has 1 aliphatic rings. The predicted octanol–water partition coefficient (Wildman–Crippen LogP) is 5.25. The van der Waals surface area contributed by atoms with E-state index < -0.39 is 0 Å². The van der Waals surface area contributed by atoms with Crippen molar-refractivity contribution in [1.82, 2.24) is 19.4 Å². The van der Waals surface area contributed by atoms with Gasteiger partial charge in [0.15, 0.2) is 0 Å². The standard InChI is InChI=1S/C22H25BrN4/c1-15-12-17(16(2)27(15)20-8-10-26(3)11-9-20)4-6-19-14-24-21-7-5-18(23)13-22(21)25-19/h4-7,12-14,20H,8-11H2,1-3H3/b6-4+. The molecule has 1 aliphatic heterocycles. The lowest BCUT2D eigenvalue weighted by molar-refractivity contribution is 0.218. The van der Waals surface area contributed by atoms with Crippen LogP contribution in [0.1, 0.15) is 41.5 Å². The quantitative estimate of drug-likeness (QED) is 0.575. The van der Waals surface area contributed by atoms with Gasteiger partial charge in [-0.2, -0.15) is 0 Å². The molecule has 1 saturated heterocycles. The van der Waals surface area contributed by atoms with Gasteiger partial charge in [-0.05, 0) is 82.7 Å². The molecule has 2 aromatic heterocycles. The van der Waals surface area contributed by atoms with Crippen molar-refractivity contribution in [2.45, 2.75) is 32.7 Å². The first-order valence-corrected chi connectivity index (χ1v) is 10.3. The maximum absolute atomic E-state index is 4.72. The van der Waals surface area contributed by atoms with Crippen molar-refractivity contribution < 1.29 is 0 Å². The molecule has 0 N–H and O–H groups in total. The molecule has 27 heavy (non-hydrogen) atoms. The molecule has 0 aliphatic carbocycles.